The zero-order valence-corrected chi connectivity index (χ0v) is 18.3. The summed E-state index contributed by atoms with van der Waals surface area (Å²) in [7, 11) is 0. The van der Waals surface area contributed by atoms with Gasteiger partial charge < -0.3 is 15.5 Å². The number of halogens is 1. The lowest BCUT2D eigenvalue weighted by atomic mass is 10.1. The monoisotopic (exact) mass is 452 g/mol. The van der Waals surface area contributed by atoms with E-state index in [-0.39, 0.29) is 34.6 Å². The van der Waals surface area contributed by atoms with Gasteiger partial charge in [-0.2, -0.15) is 0 Å². The van der Waals surface area contributed by atoms with Crippen molar-refractivity contribution < 1.29 is 19.8 Å². The number of aromatic hydroxyl groups is 2. The minimum atomic E-state index is -0.514. The van der Waals surface area contributed by atoms with Crippen molar-refractivity contribution in [2.45, 2.75) is 13.0 Å². The first-order valence-corrected chi connectivity index (χ1v) is 10.6. The predicted molar refractivity (Wildman–Crippen MR) is 124 cm³/mol. The number of Topliss-reactive ketones (excluding diaryl/α,β-unsaturated/α-hetero) is 1. The number of phenolic OH excluding ortho intramolecular Hbond substituents is 2. The highest BCUT2D eigenvalue weighted by Crippen LogP contribution is 2.35. The number of rotatable bonds is 10. The van der Waals surface area contributed by atoms with Gasteiger partial charge in [-0.1, -0.05) is 72.3 Å². The molecule has 0 fully saturated rings. The first kappa shape index (κ1) is 23.3. The van der Waals surface area contributed by atoms with Crippen LogP contribution in [0, 0.1) is 0 Å². The highest BCUT2D eigenvalue weighted by molar-refractivity contribution is 6.35. The van der Waals surface area contributed by atoms with Gasteiger partial charge in [0, 0.05) is 25.2 Å². The van der Waals surface area contributed by atoms with Gasteiger partial charge in [-0.05, 0) is 23.3 Å². The Bertz CT molecular complexity index is 1060. The second-order valence-electron chi connectivity index (χ2n) is 7.43. The molecule has 166 valence electrons. The van der Waals surface area contributed by atoms with Crippen LogP contribution in [0.1, 0.15) is 21.5 Å². The quantitative estimate of drug-likeness (QED) is 0.321. The van der Waals surface area contributed by atoms with E-state index in [9.17, 15) is 19.8 Å². The van der Waals surface area contributed by atoms with E-state index in [0.29, 0.717) is 26.1 Å². The molecule has 0 saturated heterocycles. The minimum absolute atomic E-state index is 0.0351. The summed E-state index contributed by atoms with van der Waals surface area (Å²) in [5.74, 6) is -1.28. The van der Waals surface area contributed by atoms with Gasteiger partial charge in [0.1, 0.15) is 0 Å². The van der Waals surface area contributed by atoms with E-state index in [1.807, 2.05) is 65.6 Å². The third-order valence-corrected chi connectivity index (χ3v) is 5.35. The number of nitrogens with zero attached hydrogens (tertiary/aromatic N) is 1. The van der Waals surface area contributed by atoms with E-state index in [1.54, 1.807) is 0 Å². The van der Waals surface area contributed by atoms with Crippen molar-refractivity contribution in [3.63, 3.8) is 0 Å². The maximum Gasteiger partial charge on any atom is 0.224 e. The molecule has 0 saturated carbocycles. The predicted octanol–water partition coefficient (Wildman–Crippen LogP) is 3.80. The maximum absolute atomic E-state index is 12.9. The molecule has 0 bridgehead atoms. The molecule has 0 aliphatic carbocycles. The van der Waals surface area contributed by atoms with Crippen molar-refractivity contribution in [1.82, 2.24) is 10.2 Å². The molecule has 0 aliphatic rings. The standard InChI is InChI=1S/C25H25ClN2O4/c26-24-20(11-12-21(29)25(24)32)22(30)17-28(16-19-9-5-2-6-10-19)14-13-27-23(31)15-18-7-3-1-4-8-18/h1-12,29,32H,13-17H2,(H,27,31). The largest absolute Gasteiger partial charge is 0.504 e. The van der Waals surface area contributed by atoms with Gasteiger partial charge in [-0.25, -0.2) is 0 Å². The highest BCUT2D eigenvalue weighted by atomic mass is 35.5. The number of amides is 1. The Hall–Kier alpha value is -3.35. The fourth-order valence-corrected chi connectivity index (χ4v) is 3.58. The molecular weight excluding hydrogens is 428 g/mol. The Balaban J connectivity index is 1.63. The first-order chi connectivity index (χ1) is 15.4. The lowest BCUT2D eigenvalue weighted by molar-refractivity contribution is -0.120. The van der Waals surface area contributed by atoms with Gasteiger partial charge in [0.2, 0.25) is 5.91 Å². The molecule has 3 rings (SSSR count). The molecule has 0 atom stereocenters. The number of benzene rings is 3. The molecule has 3 aromatic rings. The summed E-state index contributed by atoms with van der Waals surface area (Å²) in [5, 5.41) is 22.1. The third-order valence-electron chi connectivity index (χ3n) is 4.97. The zero-order valence-electron chi connectivity index (χ0n) is 17.5. The summed E-state index contributed by atoms with van der Waals surface area (Å²) in [4.78, 5) is 27.0. The number of hydrogen-bond acceptors (Lipinski definition) is 5. The third kappa shape index (κ3) is 6.57. The van der Waals surface area contributed by atoms with Crippen molar-refractivity contribution in [3.05, 3.63) is 94.5 Å². The van der Waals surface area contributed by atoms with Crippen molar-refractivity contribution >= 4 is 23.3 Å². The van der Waals surface area contributed by atoms with E-state index in [0.717, 1.165) is 11.1 Å². The smallest absolute Gasteiger partial charge is 0.224 e. The molecule has 0 aromatic heterocycles. The van der Waals surface area contributed by atoms with Gasteiger partial charge in [-0.3, -0.25) is 14.5 Å². The van der Waals surface area contributed by atoms with Crippen LogP contribution in [-0.4, -0.2) is 46.4 Å². The molecule has 6 nitrogen and oxygen atoms in total. The normalized spacial score (nSPS) is 10.8. The molecule has 0 spiro atoms. The number of carbonyl (C=O) groups excluding carboxylic acids is 2. The van der Waals surface area contributed by atoms with Crippen LogP contribution in [0.4, 0.5) is 0 Å². The summed E-state index contributed by atoms with van der Waals surface area (Å²) in [5.41, 5.74) is 2.09. The Morgan fingerprint density at radius 2 is 1.50 bits per heavy atom. The van der Waals surface area contributed by atoms with Crippen molar-refractivity contribution in [2.75, 3.05) is 19.6 Å². The van der Waals surface area contributed by atoms with Crippen LogP contribution in [0.15, 0.2) is 72.8 Å². The fraction of sp³-hybridized carbons (Fsp3) is 0.200. The van der Waals surface area contributed by atoms with Crippen molar-refractivity contribution in [3.8, 4) is 11.5 Å². The Labute approximate surface area is 192 Å². The average Bonchev–Trinajstić information content (AvgIpc) is 2.78. The zero-order chi connectivity index (χ0) is 22.9. The van der Waals surface area contributed by atoms with Crippen molar-refractivity contribution in [1.29, 1.82) is 0 Å². The Morgan fingerprint density at radius 3 is 2.16 bits per heavy atom. The van der Waals surface area contributed by atoms with E-state index in [2.05, 4.69) is 5.32 Å². The van der Waals surface area contributed by atoms with Crippen LogP contribution in [0.5, 0.6) is 11.5 Å². The Morgan fingerprint density at radius 1 is 0.875 bits per heavy atom. The molecule has 32 heavy (non-hydrogen) atoms. The molecular formula is C25H25ClN2O4. The highest BCUT2D eigenvalue weighted by Gasteiger charge is 2.19. The minimum Gasteiger partial charge on any atom is -0.504 e. The van der Waals surface area contributed by atoms with E-state index < -0.39 is 5.75 Å². The summed E-state index contributed by atoms with van der Waals surface area (Å²) in [6.07, 6.45) is 0.293. The van der Waals surface area contributed by atoms with Gasteiger partial charge >= 0.3 is 0 Å². The second-order valence-corrected chi connectivity index (χ2v) is 7.80. The van der Waals surface area contributed by atoms with E-state index in [4.69, 9.17) is 11.6 Å². The maximum atomic E-state index is 12.9. The molecule has 0 radical (unpaired) electrons. The number of hydrogen-bond donors (Lipinski definition) is 3. The van der Waals surface area contributed by atoms with E-state index in [1.165, 1.54) is 12.1 Å². The van der Waals surface area contributed by atoms with Gasteiger partial charge in [0.25, 0.3) is 0 Å². The van der Waals surface area contributed by atoms with Crippen LogP contribution in [0.25, 0.3) is 0 Å². The lowest BCUT2D eigenvalue weighted by Crippen LogP contribution is -2.38. The number of ketones is 1. The molecule has 0 heterocycles. The topological polar surface area (TPSA) is 89.9 Å². The van der Waals surface area contributed by atoms with Crippen LogP contribution in [0.2, 0.25) is 5.02 Å². The van der Waals surface area contributed by atoms with Crippen LogP contribution in [0.3, 0.4) is 0 Å². The number of carbonyl (C=O) groups is 2. The summed E-state index contributed by atoms with van der Waals surface area (Å²) in [6.45, 7) is 1.36. The van der Waals surface area contributed by atoms with Crippen LogP contribution < -0.4 is 5.32 Å². The molecule has 7 heteroatoms. The number of phenols is 2. The molecule has 0 aliphatic heterocycles. The molecule has 3 aromatic carbocycles. The lowest BCUT2D eigenvalue weighted by Gasteiger charge is -2.22. The molecule has 3 N–H and O–H groups in total. The van der Waals surface area contributed by atoms with Gasteiger partial charge in [0.05, 0.1) is 18.0 Å². The van der Waals surface area contributed by atoms with Gasteiger partial charge in [-0.15, -0.1) is 0 Å². The summed E-state index contributed by atoms with van der Waals surface area (Å²) < 4.78 is 0. The SMILES string of the molecule is O=C(Cc1ccccc1)NCCN(CC(=O)c1ccc(O)c(O)c1Cl)Cc1ccccc1. The summed E-state index contributed by atoms with van der Waals surface area (Å²) >= 11 is 6.05. The average molecular weight is 453 g/mol. The molecule has 0 unspecified atom stereocenters. The Kier molecular flexibility index (Phi) is 8.25. The molecule has 1 amide bonds. The van der Waals surface area contributed by atoms with Crippen LogP contribution in [-0.2, 0) is 17.8 Å². The second kappa shape index (κ2) is 11.3. The number of nitrogens with one attached hydrogen (secondary N) is 1. The van der Waals surface area contributed by atoms with Gasteiger partial charge in [0.15, 0.2) is 17.3 Å². The fourth-order valence-electron chi connectivity index (χ4n) is 3.31. The van der Waals surface area contributed by atoms with Crippen LogP contribution >= 0.6 is 11.6 Å². The summed E-state index contributed by atoms with van der Waals surface area (Å²) in [6, 6.07) is 21.8. The first-order valence-electron chi connectivity index (χ1n) is 10.2. The van der Waals surface area contributed by atoms with E-state index >= 15 is 0 Å². The van der Waals surface area contributed by atoms with Crippen molar-refractivity contribution in [2.24, 2.45) is 0 Å².